The molecular formula is C12H24N2. The standard InChI is InChI=1S/C12H24N2/c1-12(9-13,7-10-3-2-4-10)14-8-11-5-6-11/h10-11,14H,2-9,13H2,1H3. The smallest absolute Gasteiger partial charge is 0.0278 e. The summed E-state index contributed by atoms with van der Waals surface area (Å²) in [5.41, 5.74) is 6.09. The van der Waals surface area contributed by atoms with E-state index in [9.17, 15) is 0 Å². The first-order valence-electron chi connectivity index (χ1n) is 6.17. The van der Waals surface area contributed by atoms with Gasteiger partial charge in [-0.05, 0) is 44.6 Å². The molecule has 2 aliphatic rings. The van der Waals surface area contributed by atoms with E-state index in [0.29, 0.717) is 0 Å². The highest BCUT2D eigenvalue weighted by Crippen LogP contribution is 2.34. The molecular weight excluding hydrogens is 172 g/mol. The Balaban J connectivity index is 1.73. The number of hydrogen-bond donors (Lipinski definition) is 2. The molecule has 0 spiro atoms. The van der Waals surface area contributed by atoms with Crippen LogP contribution in [0.2, 0.25) is 0 Å². The van der Waals surface area contributed by atoms with Crippen LogP contribution in [0.5, 0.6) is 0 Å². The minimum Gasteiger partial charge on any atom is -0.329 e. The van der Waals surface area contributed by atoms with Crippen molar-refractivity contribution in [3.05, 3.63) is 0 Å². The summed E-state index contributed by atoms with van der Waals surface area (Å²) in [7, 11) is 0. The van der Waals surface area contributed by atoms with Crippen LogP contribution >= 0.6 is 0 Å². The highest BCUT2D eigenvalue weighted by Gasteiger charge is 2.31. The van der Waals surface area contributed by atoms with E-state index in [-0.39, 0.29) is 5.54 Å². The van der Waals surface area contributed by atoms with Gasteiger partial charge < -0.3 is 11.1 Å². The van der Waals surface area contributed by atoms with Gasteiger partial charge in [-0.3, -0.25) is 0 Å². The van der Waals surface area contributed by atoms with Gasteiger partial charge in [0.1, 0.15) is 0 Å². The van der Waals surface area contributed by atoms with Crippen LogP contribution in [0.3, 0.4) is 0 Å². The maximum atomic E-state index is 5.88. The molecule has 0 aromatic rings. The number of nitrogens with two attached hydrogens (primary N) is 1. The molecule has 2 nitrogen and oxygen atoms in total. The third kappa shape index (κ3) is 2.71. The minimum atomic E-state index is 0.216. The molecule has 0 bridgehead atoms. The summed E-state index contributed by atoms with van der Waals surface area (Å²) in [6.07, 6.45) is 8.44. The Morgan fingerprint density at radius 3 is 2.36 bits per heavy atom. The second-order valence-corrected chi connectivity index (χ2v) is 5.59. The molecule has 2 fully saturated rings. The predicted octanol–water partition coefficient (Wildman–Crippen LogP) is 1.89. The monoisotopic (exact) mass is 196 g/mol. The fraction of sp³-hybridized carbons (Fsp3) is 1.00. The second kappa shape index (κ2) is 4.19. The van der Waals surface area contributed by atoms with Crippen LogP contribution in [0.4, 0.5) is 0 Å². The first-order chi connectivity index (χ1) is 6.72. The van der Waals surface area contributed by atoms with Gasteiger partial charge in [0.2, 0.25) is 0 Å². The third-order valence-electron chi connectivity index (χ3n) is 3.93. The topological polar surface area (TPSA) is 38.0 Å². The summed E-state index contributed by atoms with van der Waals surface area (Å²) < 4.78 is 0. The average Bonchev–Trinajstić information content (AvgIpc) is 2.92. The minimum absolute atomic E-state index is 0.216. The lowest BCUT2D eigenvalue weighted by molar-refractivity contribution is 0.206. The van der Waals surface area contributed by atoms with Gasteiger partial charge in [-0.15, -0.1) is 0 Å². The zero-order valence-corrected chi connectivity index (χ0v) is 9.39. The predicted molar refractivity (Wildman–Crippen MR) is 60.1 cm³/mol. The van der Waals surface area contributed by atoms with Gasteiger partial charge in [0.25, 0.3) is 0 Å². The number of hydrogen-bond acceptors (Lipinski definition) is 2. The molecule has 0 aliphatic heterocycles. The first-order valence-corrected chi connectivity index (χ1v) is 6.17. The summed E-state index contributed by atoms with van der Waals surface area (Å²) >= 11 is 0. The molecule has 2 aliphatic carbocycles. The summed E-state index contributed by atoms with van der Waals surface area (Å²) in [4.78, 5) is 0. The summed E-state index contributed by atoms with van der Waals surface area (Å²) in [6, 6.07) is 0. The fourth-order valence-electron chi connectivity index (χ4n) is 2.27. The van der Waals surface area contributed by atoms with Crippen molar-refractivity contribution in [3.8, 4) is 0 Å². The quantitative estimate of drug-likeness (QED) is 0.681. The lowest BCUT2D eigenvalue weighted by atomic mass is 9.76. The maximum absolute atomic E-state index is 5.88. The molecule has 2 rings (SSSR count). The number of rotatable bonds is 6. The van der Waals surface area contributed by atoms with Crippen molar-refractivity contribution in [1.29, 1.82) is 0 Å². The molecule has 2 heteroatoms. The van der Waals surface area contributed by atoms with Gasteiger partial charge in [0.05, 0.1) is 0 Å². The SMILES string of the molecule is CC(CN)(CC1CCC1)NCC1CC1. The molecule has 0 saturated heterocycles. The van der Waals surface area contributed by atoms with Crippen molar-refractivity contribution >= 4 is 0 Å². The van der Waals surface area contributed by atoms with Crippen LogP contribution < -0.4 is 11.1 Å². The molecule has 82 valence electrons. The van der Waals surface area contributed by atoms with Gasteiger partial charge in [-0.25, -0.2) is 0 Å². The van der Waals surface area contributed by atoms with E-state index >= 15 is 0 Å². The molecule has 0 radical (unpaired) electrons. The Morgan fingerprint density at radius 2 is 1.93 bits per heavy atom. The Morgan fingerprint density at radius 1 is 1.21 bits per heavy atom. The van der Waals surface area contributed by atoms with Crippen LogP contribution in [0.25, 0.3) is 0 Å². The van der Waals surface area contributed by atoms with Crippen LogP contribution in [-0.2, 0) is 0 Å². The first kappa shape index (κ1) is 10.4. The maximum Gasteiger partial charge on any atom is 0.0278 e. The average molecular weight is 196 g/mol. The van der Waals surface area contributed by atoms with Gasteiger partial charge in [0, 0.05) is 12.1 Å². The van der Waals surface area contributed by atoms with Crippen molar-refractivity contribution < 1.29 is 0 Å². The number of nitrogens with one attached hydrogen (secondary N) is 1. The molecule has 0 amide bonds. The normalized spacial score (nSPS) is 27.0. The van der Waals surface area contributed by atoms with E-state index in [1.54, 1.807) is 0 Å². The van der Waals surface area contributed by atoms with Crippen molar-refractivity contribution in [2.24, 2.45) is 17.6 Å². The Labute approximate surface area is 87.6 Å². The van der Waals surface area contributed by atoms with E-state index in [2.05, 4.69) is 12.2 Å². The van der Waals surface area contributed by atoms with Crippen molar-refractivity contribution in [2.45, 2.75) is 51.0 Å². The van der Waals surface area contributed by atoms with Gasteiger partial charge >= 0.3 is 0 Å². The van der Waals surface area contributed by atoms with Crippen LogP contribution in [0.1, 0.15) is 45.4 Å². The summed E-state index contributed by atoms with van der Waals surface area (Å²) in [5, 5.41) is 3.68. The summed E-state index contributed by atoms with van der Waals surface area (Å²) in [6.45, 7) is 4.28. The van der Waals surface area contributed by atoms with E-state index in [1.807, 2.05) is 0 Å². The molecule has 3 N–H and O–H groups in total. The lowest BCUT2D eigenvalue weighted by Gasteiger charge is -2.37. The van der Waals surface area contributed by atoms with Crippen molar-refractivity contribution in [1.82, 2.24) is 5.32 Å². The molecule has 0 aromatic heterocycles. The zero-order chi connectivity index (χ0) is 10.0. The molecule has 2 saturated carbocycles. The van der Waals surface area contributed by atoms with Gasteiger partial charge in [0.15, 0.2) is 0 Å². The lowest BCUT2D eigenvalue weighted by Crippen LogP contribution is -2.51. The van der Waals surface area contributed by atoms with Crippen LogP contribution in [0.15, 0.2) is 0 Å². The molecule has 14 heavy (non-hydrogen) atoms. The van der Waals surface area contributed by atoms with E-state index in [0.717, 1.165) is 18.4 Å². The van der Waals surface area contributed by atoms with E-state index in [4.69, 9.17) is 5.73 Å². The summed E-state index contributed by atoms with van der Waals surface area (Å²) in [5.74, 6) is 1.91. The highest BCUT2D eigenvalue weighted by atomic mass is 15.0. The second-order valence-electron chi connectivity index (χ2n) is 5.59. The van der Waals surface area contributed by atoms with Crippen LogP contribution in [0, 0.1) is 11.8 Å². The highest BCUT2D eigenvalue weighted by molar-refractivity contribution is 4.91. The Hall–Kier alpha value is -0.0800. The van der Waals surface area contributed by atoms with Crippen molar-refractivity contribution in [2.75, 3.05) is 13.1 Å². The largest absolute Gasteiger partial charge is 0.329 e. The molecule has 0 heterocycles. The molecule has 1 unspecified atom stereocenters. The fourth-order valence-corrected chi connectivity index (χ4v) is 2.27. The van der Waals surface area contributed by atoms with Crippen molar-refractivity contribution in [3.63, 3.8) is 0 Å². The zero-order valence-electron chi connectivity index (χ0n) is 9.39. The Bertz CT molecular complexity index is 185. The molecule has 1 atom stereocenters. The molecule has 0 aromatic carbocycles. The third-order valence-corrected chi connectivity index (χ3v) is 3.93. The van der Waals surface area contributed by atoms with E-state index < -0.39 is 0 Å². The van der Waals surface area contributed by atoms with Gasteiger partial charge in [-0.1, -0.05) is 19.3 Å². The van der Waals surface area contributed by atoms with E-state index in [1.165, 1.54) is 45.1 Å². The van der Waals surface area contributed by atoms with Crippen LogP contribution in [-0.4, -0.2) is 18.6 Å². The van der Waals surface area contributed by atoms with Gasteiger partial charge in [-0.2, -0.15) is 0 Å². The Kier molecular flexibility index (Phi) is 3.13.